The van der Waals surface area contributed by atoms with Crippen LogP contribution < -0.4 is 4.74 Å². The van der Waals surface area contributed by atoms with Gasteiger partial charge in [-0.2, -0.15) is 4.79 Å². The lowest BCUT2D eigenvalue weighted by molar-refractivity contribution is 0.219. The van der Waals surface area contributed by atoms with Crippen molar-refractivity contribution in [2.45, 2.75) is 0 Å². The molecule has 0 saturated carbocycles. The van der Waals surface area contributed by atoms with Crippen molar-refractivity contribution in [2.75, 3.05) is 0 Å². The van der Waals surface area contributed by atoms with Crippen LogP contribution in [0.4, 0.5) is 4.79 Å². The second-order valence-electron chi connectivity index (χ2n) is 1.81. The van der Waals surface area contributed by atoms with Gasteiger partial charge in [-0.05, 0) is 12.1 Å². The number of benzene rings is 1. The molecule has 54 valence electrons. The van der Waals surface area contributed by atoms with Gasteiger partial charge in [-0.1, -0.05) is 18.2 Å². The van der Waals surface area contributed by atoms with Crippen molar-refractivity contribution in [3.8, 4) is 12.3 Å². The highest BCUT2D eigenvalue weighted by atomic mass is 16.5. The average Bonchev–Trinajstić information content (AvgIpc) is 2.06. The minimum atomic E-state index is -0.795. The van der Waals surface area contributed by atoms with Crippen LogP contribution in [0.3, 0.4) is 0 Å². The van der Waals surface area contributed by atoms with Gasteiger partial charge in [0.15, 0.2) is 0 Å². The van der Waals surface area contributed by atoms with Crippen LogP contribution in [0, 0.1) is 6.57 Å². The molecule has 11 heavy (non-hydrogen) atoms. The zero-order valence-electron chi connectivity index (χ0n) is 5.73. The van der Waals surface area contributed by atoms with E-state index in [0.29, 0.717) is 5.75 Å². The van der Waals surface area contributed by atoms with Crippen LogP contribution in [-0.2, 0) is 0 Å². The third kappa shape index (κ3) is 2.11. The highest BCUT2D eigenvalue weighted by molar-refractivity contribution is 5.80. The summed E-state index contributed by atoms with van der Waals surface area (Å²) in [7, 11) is 0. The Morgan fingerprint density at radius 3 is 2.55 bits per heavy atom. The summed E-state index contributed by atoms with van der Waals surface area (Å²) in [5.41, 5.74) is 0. The van der Waals surface area contributed by atoms with E-state index in [0.717, 1.165) is 0 Å². The number of carbonyl (C=O) groups excluding carboxylic acids is 1. The molecule has 0 aromatic heterocycles. The van der Waals surface area contributed by atoms with Crippen molar-refractivity contribution in [1.29, 1.82) is 0 Å². The second-order valence-corrected chi connectivity index (χ2v) is 1.81. The lowest BCUT2D eigenvalue weighted by Crippen LogP contribution is -1.98. The van der Waals surface area contributed by atoms with Crippen LogP contribution in [-0.4, -0.2) is 6.09 Å². The Labute approximate surface area is 64.0 Å². The van der Waals surface area contributed by atoms with Gasteiger partial charge in [0.1, 0.15) is 5.75 Å². The lowest BCUT2D eigenvalue weighted by Gasteiger charge is -1.90. The molecule has 0 fully saturated rings. The third-order valence-corrected chi connectivity index (χ3v) is 1.05. The number of amides is 1. The number of rotatable bonds is 1. The number of nitrogens with zero attached hydrogens (tertiary/aromatic N) is 1. The van der Waals surface area contributed by atoms with Gasteiger partial charge in [-0.3, -0.25) is 0 Å². The number of carbonyl (C=O) groups is 1. The molecule has 0 heterocycles. The first-order chi connectivity index (χ1) is 5.33. The molecule has 0 aliphatic heterocycles. The first-order valence-electron chi connectivity index (χ1n) is 3.00. The topological polar surface area (TPSA) is 30.7 Å². The standard InChI is InChI=1S/C8H6NO2/c1-9-8(10)11-7-5-3-2-4-6-7/h1-6H/q+1. The van der Waals surface area contributed by atoms with Crippen LogP contribution in [0.25, 0.3) is 4.85 Å². The van der Waals surface area contributed by atoms with Gasteiger partial charge in [0.25, 0.3) is 6.57 Å². The van der Waals surface area contributed by atoms with Crippen LogP contribution in [0.1, 0.15) is 0 Å². The molecule has 1 aromatic carbocycles. The number of hydrogen-bond donors (Lipinski definition) is 0. The van der Waals surface area contributed by atoms with Crippen LogP contribution in [0.5, 0.6) is 5.75 Å². The summed E-state index contributed by atoms with van der Waals surface area (Å²) in [6.07, 6.45) is -0.795. The normalized spacial score (nSPS) is 8.27. The van der Waals surface area contributed by atoms with Crippen molar-refractivity contribution >= 4 is 6.09 Å². The highest BCUT2D eigenvalue weighted by Crippen LogP contribution is 2.08. The molecule has 3 nitrogen and oxygen atoms in total. The Balaban J connectivity index is 2.67. The predicted molar refractivity (Wildman–Crippen MR) is 40.8 cm³/mol. The second kappa shape index (κ2) is 3.37. The molecular formula is C8H6NO2+. The van der Waals surface area contributed by atoms with Crippen molar-refractivity contribution in [3.05, 3.63) is 35.2 Å². The van der Waals surface area contributed by atoms with E-state index in [1.165, 1.54) is 0 Å². The van der Waals surface area contributed by atoms with Crippen molar-refractivity contribution in [1.82, 2.24) is 0 Å². The molecule has 0 N–H and O–H groups in total. The largest absolute Gasteiger partial charge is 0.733 e. The van der Waals surface area contributed by atoms with E-state index in [2.05, 4.69) is 16.2 Å². The quantitative estimate of drug-likeness (QED) is 0.610. The summed E-state index contributed by atoms with van der Waals surface area (Å²) in [6, 6.07) is 8.60. The Kier molecular flexibility index (Phi) is 2.24. The van der Waals surface area contributed by atoms with Gasteiger partial charge in [0.2, 0.25) is 0 Å². The van der Waals surface area contributed by atoms with E-state index in [1.807, 2.05) is 6.07 Å². The molecule has 0 unspecified atom stereocenters. The van der Waals surface area contributed by atoms with Crippen molar-refractivity contribution in [2.24, 2.45) is 0 Å². The molecule has 3 heteroatoms. The fourth-order valence-electron chi connectivity index (χ4n) is 0.616. The van der Waals surface area contributed by atoms with E-state index >= 15 is 0 Å². The molecule has 1 rings (SSSR count). The van der Waals surface area contributed by atoms with Crippen LogP contribution in [0.15, 0.2) is 30.3 Å². The van der Waals surface area contributed by atoms with Gasteiger partial charge in [0, 0.05) is 0 Å². The summed E-state index contributed by atoms with van der Waals surface area (Å²) in [5.74, 6) is 0.437. The minimum Gasteiger partial charge on any atom is -0.358 e. The molecule has 1 amide bonds. The summed E-state index contributed by atoms with van der Waals surface area (Å²) in [6.45, 7) is 4.67. The molecule has 0 bridgehead atoms. The molecule has 0 spiro atoms. The predicted octanol–water partition coefficient (Wildman–Crippen LogP) is 2.15. The molecule has 0 aliphatic rings. The summed E-state index contributed by atoms with van der Waals surface area (Å²) in [4.78, 5) is 13.3. The van der Waals surface area contributed by atoms with Gasteiger partial charge in [0.05, 0.1) is 4.85 Å². The van der Waals surface area contributed by atoms with E-state index in [9.17, 15) is 4.79 Å². The molecule has 0 atom stereocenters. The fourth-order valence-corrected chi connectivity index (χ4v) is 0.616. The van der Waals surface area contributed by atoms with Gasteiger partial charge in [-0.15, -0.1) is 0 Å². The van der Waals surface area contributed by atoms with Crippen molar-refractivity contribution < 1.29 is 9.53 Å². The Morgan fingerprint density at radius 1 is 1.36 bits per heavy atom. The SMILES string of the molecule is C#[N+]C(=O)Oc1ccccc1. The first-order valence-corrected chi connectivity index (χ1v) is 3.00. The maximum atomic E-state index is 10.5. The van der Waals surface area contributed by atoms with Gasteiger partial charge < -0.3 is 4.74 Å². The Morgan fingerprint density at radius 2 is 2.00 bits per heavy atom. The molecule has 0 radical (unpaired) electrons. The third-order valence-electron chi connectivity index (χ3n) is 1.05. The van der Waals surface area contributed by atoms with Crippen LogP contribution in [0.2, 0.25) is 0 Å². The smallest absolute Gasteiger partial charge is 0.358 e. The Hall–Kier alpha value is -1.82. The lowest BCUT2D eigenvalue weighted by atomic mass is 10.3. The molecular weight excluding hydrogens is 142 g/mol. The van der Waals surface area contributed by atoms with E-state index in [1.54, 1.807) is 24.3 Å². The zero-order chi connectivity index (χ0) is 8.10. The number of hydrogen-bond acceptors (Lipinski definition) is 2. The first kappa shape index (κ1) is 7.29. The highest BCUT2D eigenvalue weighted by Gasteiger charge is 2.11. The van der Waals surface area contributed by atoms with E-state index in [-0.39, 0.29) is 0 Å². The minimum absolute atomic E-state index is 0.437. The maximum Gasteiger partial charge on any atom is 0.733 e. The van der Waals surface area contributed by atoms with E-state index in [4.69, 9.17) is 0 Å². The van der Waals surface area contributed by atoms with E-state index < -0.39 is 6.09 Å². The van der Waals surface area contributed by atoms with Gasteiger partial charge >= 0.3 is 6.09 Å². The molecule has 0 saturated heterocycles. The van der Waals surface area contributed by atoms with Crippen molar-refractivity contribution in [3.63, 3.8) is 0 Å². The summed E-state index contributed by atoms with van der Waals surface area (Å²) in [5, 5.41) is 0. The summed E-state index contributed by atoms with van der Waals surface area (Å²) >= 11 is 0. The van der Waals surface area contributed by atoms with Gasteiger partial charge in [-0.25, -0.2) is 0 Å². The average molecular weight is 148 g/mol. The maximum absolute atomic E-state index is 10.5. The number of para-hydroxylation sites is 1. The molecule has 0 aliphatic carbocycles. The number of ether oxygens (including phenoxy) is 1. The molecule has 1 aromatic rings. The van der Waals surface area contributed by atoms with Crippen LogP contribution >= 0.6 is 0 Å². The monoisotopic (exact) mass is 148 g/mol. The zero-order valence-corrected chi connectivity index (χ0v) is 5.73. The summed E-state index contributed by atoms with van der Waals surface area (Å²) < 4.78 is 4.63. The Bertz CT molecular complexity index is 287. The fraction of sp³-hybridized carbons (Fsp3) is 0.